The van der Waals surface area contributed by atoms with Gasteiger partial charge in [0, 0.05) is 0 Å². The van der Waals surface area contributed by atoms with Gasteiger partial charge in [-0.1, -0.05) is 0 Å². The minimum absolute atomic E-state index is 0.0185. The summed E-state index contributed by atoms with van der Waals surface area (Å²) in [6.07, 6.45) is -0.921. The van der Waals surface area contributed by atoms with Crippen LogP contribution >= 0.6 is 0 Å². The van der Waals surface area contributed by atoms with E-state index in [1.807, 2.05) is 0 Å². The van der Waals surface area contributed by atoms with Gasteiger partial charge in [0.25, 0.3) is 0 Å². The number of rotatable bonds is 6. The molecule has 2 N–H and O–H groups in total. The first kappa shape index (κ1) is 14.8. The Labute approximate surface area is 120 Å². The van der Waals surface area contributed by atoms with Crippen molar-refractivity contribution in [3.8, 4) is 17.2 Å². The zero-order valence-electron chi connectivity index (χ0n) is 11.5. The van der Waals surface area contributed by atoms with E-state index < -0.39 is 18.2 Å². The Morgan fingerprint density at radius 1 is 1.38 bits per heavy atom. The molecule has 0 radical (unpaired) electrons. The lowest BCUT2D eigenvalue weighted by molar-refractivity contribution is 0.0695. The van der Waals surface area contributed by atoms with E-state index in [0.717, 1.165) is 0 Å². The molecular weight excluding hydrogens is 282 g/mol. The summed E-state index contributed by atoms with van der Waals surface area (Å²) >= 11 is 0. The summed E-state index contributed by atoms with van der Waals surface area (Å²) in [6.45, 7) is 0.439. The molecule has 114 valence electrons. The summed E-state index contributed by atoms with van der Waals surface area (Å²) in [4.78, 5) is 22.0. The summed E-state index contributed by atoms with van der Waals surface area (Å²) in [5.74, 6) is -0.395. The number of benzene rings is 1. The Balaban J connectivity index is 2.20. The van der Waals surface area contributed by atoms with Crippen molar-refractivity contribution in [2.45, 2.75) is 6.10 Å². The van der Waals surface area contributed by atoms with E-state index in [0.29, 0.717) is 6.54 Å². The lowest BCUT2D eigenvalue weighted by Crippen LogP contribution is -2.22. The molecule has 8 heteroatoms. The number of ether oxygens (including phenoxy) is 4. The molecule has 1 atom stereocenters. The van der Waals surface area contributed by atoms with E-state index in [2.05, 4.69) is 5.32 Å². The van der Waals surface area contributed by atoms with Gasteiger partial charge in [0.2, 0.25) is 5.75 Å². The highest BCUT2D eigenvalue weighted by atomic mass is 16.6. The number of carbonyl (C=O) groups excluding carboxylic acids is 1. The molecule has 8 nitrogen and oxygen atoms in total. The number of methoxy groups -OCH3 is 2. The Bertz CT molecular complexity index is 532. The number of nitrogens with one attached hydrogen (secondary N) is 1. The van der Waals surface area contributed by atoms with Crippen molar-refractivity contribution in [2.24, 2.45) is 0 Å². The molecule has 21 heavy (non-hydrogen) atoms. The number of carboxylic acid groups (broad SMARTS) is 1. The Hall–Kier alpha value is -2.64. The van der Waals surface area contributed by atoms with E-state index in [4.69, 9.17) is 24.1 Å². The third-order valence-electron chi connectivity index (χ3n) is 2.87. The Morgan fingerprint density at radius 2 is 2.00 bits per heavy atom. The summed E-state index contributed by atoms with van der Waals surface area (Å²) in [6, 6.07) is 2.66. The molecule has 2 rings (SSSR count). The van der Waals surface area contributed by atoms with Gasteiger partial charge in [0.05, 0.1) is 26.3 Å². The molecular formula is C13H15NO7. The zero-order valence-corrected chi connectivity index (χ0v) is 11.5. The smallest absolute Gasteiger partial charge is 0.407 e. The number of aromatic carboxylic acids is 1. The van der Waals surface area contributed by atoms with Gasteiger partial charge in [-0.25, -0.2) is 9.59 Å². The van der Waals surface area contributed by atoms with Crippen LogP contribution < -0.4 is 19.5 Å². The van der Waals surface area contributed by atoms with Crippen molar-refractivity contribution in [3.05, 3.63) is 17.7 Å². The highest BCUT2D eigenvalue weighted by Crippen LogP contribution is 2.38. The number of carbonyl (C=O) groups is 2. The zero-order chi connectivity index (χ0) is 15.4. The van der Waals surface area contributed by atoms with E-state index in [1.165, 1.54) is 26.4 Å². The largest absolute Gasteiger partial charge is 0.493 e. The van der Waals surface area contributed by atoms with E-state index in [-0.39, 0.29) is 29.4 Å². The van der Waals surface area contributed by atoms with Crippen LogP contribution in [0.4, 0.5) is 4.79 Å². The fourth-order valence-electron chi connectivity index (χ4n) is 1.85. The second-order valence-electron chi connectivity index (χ2n) is 4.23. The molecule has 0 spiro atoms. The normalized spacial score (nSPS) is 16.9. The number of amides is 1. The van der Waals surface area contributed by atoms with Gasteiger partial charge in [0.1, 0.15) is 6.61 Å². The molecule has 0 aliphatic carbocycles. The van der Waals surface area contributed by atoms with Crippen LogP contribution in [0.1, 0.15) is 10.4 Å². The third-order valence-corrected chi connectivity index (χ3v) is 2.87. The number of cyclic esters (lactones) is 1. The van der Waals surface area contributed by atoms with Crippen LogP contribution in [0.3, 0.4) is 0 Å². The minimum Gasteiger partial charge on any atom is -0.493 e. The summed E-state index contributed by atoms with van der Waals surface area (Å²) in [7, 11) is 2.79. The maximum Gasteiger partial charge on any atom is 0.407 e. The first-order valence-corrected chi connectivity index (χ1v) is 6.11. The molecule has 0 aromatic heterocycles. The molecule has 0 bridgehead atoms. The van der Waals surface area contributed by atoms with Crippen LogP contribution in [0.15, 0.2) is 12.1 Å². The molecule has 1 aromatic carbocycles. The van der Waals surface area contributed by atoms with Gasteiger partial charge in [-0.2, -0.15) is 0 Å². The molecule has 1 heterocycles. The van der Waals surface area contributed by atoms with Crippen LogP contribution in [0, 0.1) is 0 Å². The van der Waals surface area contributed by atoms with Crippen LogP contribution in [0.2, 0.25) is 0 Å². The van der Waals surface area contributed by atoms with Crippen LogP contribution in [-0.4, -0.2) is 50.6 Å². The first-order chi connectivity index (χ1) is 10.0. The van der Waals surface area contributed by atoms with Crippen LogP contribution in [-0.2, 0) is 4.74 Å². The maximum absolute atomic E-state index is 11.0. The summed E-state index contributed by atoms with van der Waals surface area (Å²) in [5, 5.41) is 11.5. The van der Waals surface area contributed by atoms with Gasteiger partial charge in [-0.05, 0) is 12.1 Å². The topological polar surface area (TPSA) is 103 Å². The van der Waals surface area contributed by atoms with Crippen molar-refractivity contribution >= 4 is 12.1 Å². The Kier molecular flexibility index (Phi) is 4.36. The van der Waals surface area contributed by atoms with Gasteiger partial charge in [-0.15, -0.1) is 0 Å². The number of alkyl carbamates (subject to hydrolysis) is 1. The molecule has 1 amide bonds. The van der Waals surface area contributed by atoms with Crippen molar-refractivity contribution < 1.29 is 33.6 Å². The fraction of sp³-hybridized carbons (Fsp3) is 0.385. The summed E-state index contributed by atoms with van der Waals surface area (Å²) < 4.78 is 20.7. The third kappa shape index (κ3) is 3.28. The second-order valence-corrected chi connectivity index (χ2v) is 4.23. The van der Waals surface area contributed by atoms with E-state index in [9.17, 15) is 9.59 Å². The predicted octanol–water partition coefficient (Wildman–Crippen LogP) is 0.889. The molecule has 1 saturated heterocycles. The van der Waals surface area contributed by atoms with Crippen molar-refractivity contribution in [1.29, 1.82) is 0 Å². The quantitative estimate of drug-likeness (QED) is 0.803. The van der Waals surface area contributed by atoms with Crippen LogP contribution in [0.25, 0.3) is 0 Å². The van der Waals surface area contributed by atoms with E-state index >= 15 is 0 Å². The van der Waals surface area contributed by atoms with Crippen molar-refractivity contribution in [1.82, 2.24) is 5.32 Å². The van der Waals surface area contributed by atoms with Gasteiger partial charge >= 0.3 is 12.1 Å². The first-order valence-electron chi connectivity index (χ1n) is 6.11. The minimum atomic E-state index is -1.10. The standard InChI is InChI=1S/C13H15NO7/c1-18-9-3-7(12(15)16)4-10(19-2)11(9)20-6-8-5-14-13(17)21-8/h3-4,8H,5-6H2,1-2H3,(H,14,17)(H,15,16). The molecule has 1 fully saturated rings. The monoisotopic (exact) mass is 297 g/mol. The predicted molar refractivity (Wildman–Crippen MR) is 70.3 cm³/mol. The SMILES string of the molecule is COc1cc(C(=O)O)cc(OC)c1OCC1CNC(=O)O1. The fourth-order valence-corrected chi connectivity index (χ4v) is 1.85. The number of hydrogen-bond donors (Lipinski definition) is 2. The van der Waals surface area contributed by atoms with Crippen LogP contribution in [0.5, 0.6) is 17.2 Å². The van der Waals surface area contributed by atoms with E-state index in [1.54, 1.807) is 0 Å². The van der Waals surface area contributed by atoms with Crippen molar-refractivity contribution in [2.75, 3.05) is 27.4 Å². The average Bonchev–Trinajstić information content (AvgIpc) is 2.89. The van der Waals surface area contributed by atoms with Gasteiger partial charge < -0.3 is 29.4 Å². The molecule has 1 unspecified atom stereocenters. The van der Waals surface area contributed by atoms with Gasteiger partial charge in [0.15, 0.2) is 17.6 Å². The highest BCUT2D eigenvalue weighted by Gasteiger charge is 2.25. The lowest BCUT2D eigenvalue weighted by Gasteiger charge is -2.16. The molecule has 1 aromatic rings. The maximum atomic E-state index is 11.0. The number of hydrogen-bond acceptors (Lipinski definition) is 6. The lowest BCUT2D eigenvalue weighted by atomic mass is 10.2. The molecule has 1 aliphatic heterocycles. The second kappa shape index (κ2) is 6.21. The number of carboxylic acids is 1. The summed E-state index contributed by atoms with van der Waals surface area (Å²) in [5.41, 5.74) is 0.0185. The van der Waals surface area contributed by atoms with Gasteiger partial charge in [-0.3, -0.25) is 0 Å². The molecule has 1 aliphatic rings. The molecule has 0 saturated carbocycles. The Morgan fingerprint density at radius 3 is 2.43 bits per heavy atom. The van der Waals surface area contributed by atoms with Crippen molar-refractivity contribution in [3.63, 3.8) is 0 Å². The highest BCUT2D eigenvalue weighted by molar-refractivity contribution is 5.89. The average molecular weight is 297 g/mol.